The molecule has 4 rings (SSSR count). The van der Waals surface area contributed by atoms with Crippen LogP contribution in [0.15, 0.2) is 72.6 Å². The van der Waals surface area contributed by atoms with Crippen LogP contribution in [0.3, 0.4) is 0 Å². The van der Waals surface area contributed by atoms with Crippen LogP contribution < -0.4 is 9.47 Å². The first-order valence-electron chi connectivity index (χ1n) is 11.2. The highest BCUT2D eigenvalue weighted by Crippen LogP contribution is 2.42. The monoisotopic (exact) mass is 474 g/mol. The number of Topliss-reactive ketones (excluding diaryl/α,β-unsaturated/α-hetero) is 1. The second kappa shape index (κ2) is 10.3. The van der Waals surface area contributed by atoms with E-state index in [-0.39, 0.29) is 29.4 Å². The minimum absolute atomic E-state index is 0.0514. The van der Waals surface area contributed by atoms with Crippen molar-refractivity contribution in [1.82, 2.24) is 9.88 Å². The Morgan fingerprint density at radius 1 is 1.09 bits per heavy atom. The summed E-state index contributed by atoms with van der Waals surface area (Å²) < 4.78 is 10.9. The molecule has 0 saturated carbocycles. The number of aromatic nitrogens is 1. The van der Waals surface area contributed by atoms with Crippen molar-refractivity contribution in [2.24, 2.45) is 0 Å². The number of phenolic OH excluding ortho intramolecular Hbond substituents is 1. The molecule has 1 fully saturated rings. The third-order valence-electron chi connectivity index (χ3n) is 5.74. The number of aliphatic hydroxyl groups is 1. The number of amides is 1. The molecule has 1 unspecified atom stereocenters. The molecule has 180 valence electrons. The number of carbonyl (C=O) groups is 2. The lowest BCUT2D eigenvalue weighted by atomic mass is 9.94. The second-order valence-corrected chi connectivity index (χ2v) is 8.09. The highest BCUT2D eigenvalue weighted by molar-refractivity contribution is 6.46. The first-order valence-corrected chi connectivity index (χ1v) is 11.2. The summed E-state index contributed by atoms with van der Waals surface area (Å²) in [5.41, 5.74) is 1.58. The summed E-state index contributed by atoms with van der Waals surface area (Å²) in [5, 5.41) is 21.4. The van der Waals surface area contributed by atoms with E-state index in [9.17, 15) is 19.8 Å². The van der Waals surface area contributed by atoms with Gasteiger partial charge in [-0.25, -0.2) is 0 Å². The van der Waals surface area contributed by atoms with Crippen molar-refractivity contribution in [3.63, 3.8) is 0 Å². The van der Waals surface area contributed by atoms with Gasteiger partial charge in [0.2, 0.25) is 0 Å². The van der Waals surface area contributed by atoms with Crippen LogP contribution in [0.25, 0.3) is 5.76 Å². The van der Waals surface area contributed by atoms with Gasteiger partial charge in [0.1, 0.15) is 11.5 Å². The minimum atomic E-state index is -0.905. The van der Waals surface area contributed by atoms with Gasteiger partial charge in [-0.05, 0) is 53.9 Å². The van der Waals surface area contributed by atoms with Gasteiger partial charge in [-0.2, -0.15) is 0 Å². The van der Waals surface area contributed by atoms with Gasteiger partial charge in [0, 0.05) is 24.5 Å². The lowest BCUT2D eigenvalue weighted by molar-refractivity contribution is -0.140. The number of likely N-dealkylation sites (tertiary alicyclic amines) is 1. The lowest BCUT2D eigenvalue weighted by Crippen LogP contribution is -2.29. The van der Waals surface area contributed by atoms with Crippen molar-refractivity contribution in [2.45, 2.75) is 25.9 Å². The fraction of sp³-hybridized carbons (Fsp3) is 0.222. The summed E-state index contributed by atoms with van der Waals surface area (Å²) in [6, 6.07) is 13.9. The second-order valence-electron chi connectivity index (χ2n) is 8.09. The molecule has 2 heterocycles. The van der Waals surface area contributed by atoms with Crippen LogP contribution in [0, 0.1) is 0 Å². The fourth-order valence-electron chi connectivity index (χ4n) is 4.05. The number of ketones is 1. The normalized spacial score (nSPS) is 17.0. The molecule has 0 aliphatic carbocycles. The number of aliphatic hydroxyl groups excluding tert-OH is 1. The number of ether oxygens (including phenoxy) is 2. The van der Waals surface area contributed by atoms with E-state index in [4.69, 9.17) is 9.47 Å². The van der Waals surface area contributed by atoms with Gasteiger partial charge >= 0.3 is 0 Å². The van der Waals surface area contributed by atoms with Crippen molar-refractivity contribution in [3.8, 4) is 17.2 Å². The highest BCUT2D eigenvalue weighted by Gasteiger charge is 2.46. The molecule has 8 heteroatoms. The predicted molar refractivity (Wildman–Crippen MR) is 129 cm³/mol. The largest absolute Gasteiger partial charge is 0.507 e. The van der Waals surface area contributed by atoms with Crippen LogP contribution in [0.4, 0.5) is 0 Å². The zero-order chi connectivity index (χ0) is 24.9. The molecule has 0 radical (unpaired) electrons. The van der Waals surface area contributed by atoms with E-state index >= 15 is 0 Å². The number of aromatic hydroxyl groups is 1. The van der Waals surface area contributed by atoms with Gasteiger partial charge in [-0.15, -0.1) is 0 Å². The fourth-order valence-corrected chi connectivity index (χ4v) is 4.05. The van der Waals surface area contributed by atoms with E-state index in [1.165, 1.54) is 18.1 Å². The Labute approximate surface area is 203 Å². The van der Waals surface area contributed by atoms with Crippen LogP contribution in [-0.2, 0) is 16.1 Å². The molecule has 1 atom stereocenters. The molecular weight excluding hydrogens is 448 g/mol. The summed E-state index contributed by atoms with van der Waals surface area (Å²) in [7, 11) is 1.41. The molecule has 35 heavy (non-hydrogen) atoms. The number of carbonyl (C=O) groups excluding carboxylic acids is 2. The average molecular weight is 475 g/mol. The molecule has 0 spiro atoms. The highest BCUT2D eigenvalue weighted by atomic mass is 16.5. The minimum Gasteiger partial charge on any atom is -0.507 e. The Hall–Kier alpha value is -4.33. The number of phenols is 1. The standard InChI is InChI=1S/C27H26N2O6/c1-3-13-35-20-6-4-5-19(14-20)25(31)23-24(18-7-8-21(30)22(15-18)34-2)29(27(33)26(23)32)16-17-9-11-28-12-10-17/h4-12,14-15,24,30-31H,3,13,16H2,1-2H3. The summed E-state index contributed by atoms with van der Waals surface area (Å²) in [6.45, 7) is 2.62. The van der Waals surface area contributed by atoms with Crippen molar-refractivity contribution in [2.75, 3.05) is 13.7 Å². The van der Waals surface area contributed by atoms with Gasteiger partial charge in [0.15, 0.2) is 11.5 Å². The van der Waals surface area contributed by atoms with Gasteiger partial charge in [0.25, 0.3) is 11.7 Å². The Bertz CT molecular complexity index is 1270. The maximum absolute atomic E-state index is 13.2. The quantitative estimate of drug-likeness (QED) is 0.286. The number of rotatable bonds is 8. The molecular formula is C27H26N2O6. The van der Waals surface area contributed by atoms with Crippen molar-refractivity contribution >= 4 is 17.4 Å². The van der Waals surface area contributed by atoms with Crippen LogP contribution >= 0.6 is 0 Å². The van der Waals surface area contributed by atoms with Crippen molar-refractivity contribution < 1.29 is 29.3 Å². The molecule has 1 aliphatic rings. The van der Waals surface area contributed by atoms with Crippen molar-refractivity contribution in [1.29, 1.82) is 0 Å². The van der Waals surface area contributed by atoms with E-state index in [1.54, 1.807) is 60.9 Å². The van der Waals surface area contributed by atoms with Gasteiger partial charge in [-0.3, -0.25) is 14.6 Å². The number of nitrogens with zero attached hydrogens (tertiary/aromatic N) is 2. The SMILES string of the molecule is CCCOc1cccc(C(O)=C2C(=O)C(=O)N(Cc3ccncc3)C2c2ccc(O)c(OC)c2)c1. The van der Waals surface area contributed by atoms with Crippen LogP contribution in [0.1, 0.15) is 36.1 Å². The van der Waals surface area contributed by atoms with E-state index in [2.05, 4.69) is 4.98 Å². The number of pyridine rings is 1. The van der Waals surface area contributed by atoms with Crippen LogP contribution in [0.2, 0.25) is 0 Å². The Balaban J connectivity index is 1.85. The predicted octanol–water partition coefficient (Wildman–Crippen LogP) is 4.21. The molecule has 2 N–H and O–H groups in total. The third-order valence-corrected chi connectivity index (χ3v) is 5.74. The molecule has 0 bridgehead atoms. The Kier molecular flexibility index (Phi) is 7.01. The molecule has 1 saturated heterocycles. The Morgan fingerprint density at radius 3 is 2.57 bits per heavy atom. The summed E-state index contributed by atoms with van der Waals surface area (Å²) in [4.78, 5) is 31.8. The number of methoxy groups -OCH3 is 1. The average Bonchev–Trinajstić information content (AvgIpc) is 3.13. The van der Waals surface area contributed by atoms with E-state index in [0.29, 0.717) is 23.5 Å². The molecule has 1 aliphatic heterocycles. The zero-order valence-corrected chi connectivity index (χ0v) is 19.5. The topological polar surface area (TPSA) is 109 Å². The van der Waals surface area contributed by atoms with E-state index in [0.717, 1.165) is 12.0 Å². The van der Waals surface area contributed by atoms with E-state index in [1.807, 2.05) is 6.92 Å². The maximum atomic E-state index is 13.2. The van der Waals surface area contributed by atoms with Crippen LogP contribution in [0.5, 0.6) is 17.2 Å². The molecule has 1 aromatic heterocycles. The molecule has 8 nitrogen and oxygen atoms in total. The Morgan fingerprint density at radius 2 is 1.86 bits per heavy atom. The van der Waals surface area contributed by atoms with Gasteiger partial charge in [0.05, 0.1) is 25.3 Å². The van der Waals surface area contributed by atoms with Gasteiger partial charge < -0.3 is 24.6 Å². The lowest BCUT2D eigenvalue weighted by Gasteiger charge is -2.26. The first-order chi connectivity index (χ1) is 16.9. The molecule has 1 amide bonds. The maximum Gasteiger partial charge on any atom is 0.295 e. The molecule has 2 aromatic carbocycles. The van der Waals surface area contributed by atoms with Crippen molar-refractivity contribution in [3.05, 3.63) is 89.3 Å². The number of hydrogen-bond acceptors (Lipinski definition) is 7. The first kappa shape index (κ1) is 23.8. The number of hydrogen-bond donors (Lipinski definition) is 2. The van der Waals surface area contributed by atoms with Gasteiger partial charge in [-0.1, -0.05) is 25.1 Å². The summed E-state index contributed by atoms with van der Waals surface area (Å²) in [6.07, 6.45) is 4.03. The zero-order valence-electron chi connectivity index (χ0n) is 19.5. The van der Waals surface area contributed by atoms with Crippen LogP contribution in [-0.4, -0.2) is 45.5 Å². The van der Waals surface area contributed by atoms with E-state index < -0.39 is 17.7 Å². The molecule has 3 aromatic rings. The smallest absolute Gasteiger partial charge is 0.295 e. The number of benzene rings is 2. The summed E-state index contributed by atoms with van der Waals surface area (Å²) >= 11 is 0. The third kappa shape index (κ3) is 4.82. The summed E-state index contributed by atoms with van der Waals surface area (Å²) in [5.74, 6) is -1.19.